The predicted octanol–water partition coefficient (Wildman–Crippen LogP) is 7.10. The molecule has 6 nitrogen and oxygen atoms in total. The number of allylic oxidation sites excluding steroid dienone is 1. The summed E-state index contributed by atoms with van der Waals surface area (Å²) < 4.78 is 30.0. The van der Waals surface area contributed by atoms with E-state index < -0.39 is 11.9 Å². The Balaban J connectivity index is 1.08. The average molecular weight is 547 g/mol. The van der Waals surface area contributed by atoms with Gasteiger partial charge in [-0.05, 0) is 92.2 Å². The summed E-state index contributed by atoms with van der Waals surface area (Å²) >= 11 is 0. The third-order valence-electron chi connectivity index (χ3n) is 11.1. The lowest BCUT2D eigenvalue weighted by Gasteiger charge is -2.57. The maximum absolute atomic E-state index is 12.6. The predicted molar refractivity (Wildman–Crippen MR) is 149 cm³/mol. The molecule has 40 heavy (non-hydrogen) atoms. The second kappa shape index (κ2) is 10.5. The van der Waals surface area contributed by atoms with Crippen LogP contribution in [0.5, 0.6) is 0 Å². The second-order valence-corrected chi connectivity index (χ2v) is 13.0. The first-order valence-electron chi connectivity index (χ1n) is 15.3. The lowest BCUT2D eigenvalue weighted by Crippen LogP contribution is -2.54. The first-order chi connectivity index (χ1) is 19.5. The third kappa shape index (κ3) is 4.38. The molecule has 8 atom stereocenters. The van der Waals surface area contributed by atoms with E-state index in [1.54, 1.807) is 6.26 Å². The third-order valence-corrected chi connectivity index (χ3v) is 11.1. The van der Waals surface area contributed by atoms with Gasteiger partial charge in [0.25, 0.3) is 0 Å². The molecule has 0 amide bonds. The van der Waals surface area contributed by atoms with Crippen molar-refractivity contribution >= 4 is 5.97 Å². The largest absolute Gasteiger partial charge is 0.463 e. The molecule has 1 aromatic carbocycles. The number of benzene rings is 1. The molecule has 3 saturated carbocycles. The van der Waals surface area contributed by atoms with E-state index in [0.29, 0.717) is 43.5 Å². The smallest absolute Gasteiger partial charge is 0.303 e. The van der Waals surface area contributed by atoms with Crippen molar-refractivity contribution < 1.29 is 28.2 Å². The number of hydrogen-bond acceptors (Lipinski definition) is 6. The van der Waals surface area contributed by atoms with Crippen LogP contribution in [-0.2, 0) is 35.9 Å². The number of rotatable bonds is 6. The zero-order chi connectivity index (χ0) is 27.3. The molecular weight excluding hydrogens is 504 g/mol. The normalized spacial score (nSPS) is 39.0. The van der Waals surface area contributed by atoms with Crippen LogP contribution in [0.25, 0.3) is 0 Å². The molecule has 0 N–H and O–H groups in total. The van der Waals surface area contributed by atoms with Crippen molar-refractivity contribution in [3.63, 3.8) is 0 Å². The van der Waals surface area contributed by atoms with Crippen molar-refractivity contribution in [3.05, 3.63) is 71.7 Å². The van der Waals surface area contributed by atoms with E-state index in [-0.39, 0.29) is 11.4 Å². The molecule has 0 radical (unpaired) electrons. The highest BCUT2D eigenvalue weighted by atomic mass is 16.7. The molecule has 6 heteroatoms. The zero-order valence-corrected chi connectivity index (χ0v) is 23.8. The summed E-state index contributed by atoms with van der Waals surface area (Å²) in [6.07, 6.45) is 14.5. The maximum atomic E-state index is 12.6. The van der Waals surface area contributed by atoms with Crippen molar-refractivity contribution in [1.29, 1.82) is 0 Å². The van der Waals surface area contributed by atoms with Gasteiger partial charge in [-0.15, -0.1) is 0 Å². The number of hydrogen-bond donors (Lipinski definition) is 0. The van der Waals surface area contributed by atoms with Crippen molar-refractivity contribution in [3.8, 4) is 0 Å². The Bertz CT molecular complexity index is 1230. The van der Waals surface area contributed by atoms with Crippen molar-refractivity contribution in [2.45, 2.75) is 83.4 Å². The highest BCUT2D eigenvalue weighted by molar-refractivity contribution is 5.67. The highest BCUT2D eigenvalue weighted by Crippen LogP contribution is 2.66. The molecule has 4 fully saturated rings. The minimum atomic E-state index is -0.839. The summed E-state index contributed by atoms with van der Waals surface area (Å²) in [6.45, 7) is 5.69. The number of esters is 1. The molecule has 4 aliphatic carbocycles. The monoisotopic (exact) mass is 546 g/mol. The highest BCUT2D eigenvalue weighted by Gasteiger charge is 2.64. The van der Waals surface area contributed by atoms with Gasteiger partial charge in [0, 0.05) is 17.9 Å². The average Bonchev–Trinajstić information content (AvgIpc) is 3.72. The number of carbonyl (C=O) groups is 1. The van der Waals surface area contributed by atoms with Crippen LogP contribution in [0.15, 0.2) is 59.2 Å². The molecule has 1 aromatic heterocycles. The van der Waals surface area contributed by atoms with Crippen LogP contribution in [0, 0.1) is 35.0 Å². The fourth-order valence-corrected chi connectivity index (χ4v) is 9.27. The Morgan fingerprint density at radius 1 is 1.00 bits per heavy atom. The Kier molecular flexibility index (Phi) is 6.92. The van der Waals surface area contributed by atoms with Gasteiger partial charge in [0.1, 0.15) is 0 Å². The van der Waals surface area contributed by atoms with Gasteiger partial charge >= 0.3 is 5.97 Å². The molecule has 0 bridgehead atoms. The molecule has 2 aromatic rings. The summed E-state index contributed by atoms with van der Waals surface area (Å²) in [7, 11) is 0. The summed E-state index contributed by atoms with van der Waals surface area (Å²) in [6, 6.07) is 12.5. The number of furan rings is 1. The second-order valence-electron chi connectivity index (χ2n) is 13.0. The van der Waals surface area contributed by atoms with Gasteiger partial charge in [-0.1, -0.05) is 43.3 Å². The zero-order valence-electron chi connectivity index (χ0n) is 23.8. The van der Waals surface area contributed by atoms with E-state index in [9.17, 15) is 4.79 Å². The van der Waals surface area contributed by atoms with E-state index in [1.165, 1.54) is 44.6 Å². The SMILES string of the molecule is CC(=O)OC1(c2coc(C3OCCO3)c2)C=C[C@H]2[C@@H]3CC[C@@H]4C[C@H](OCc5ccccc5)CC[C@@H]4[C@H]3CC[C@@]21C. The lowest BCUT2D eigenvalue weighted by atomic mass is 9.48. The Morgan fingerprint density at radius 3 is 2.60 bits per heavy atom. The lowest BCUT2D eigenvalue weighted by molar-refractivity contribution is -0.179. The molecular formula is C34H42O6. The molecule has 214 valence electrons. The van der Waals surface area contributed by atoms with Gasteiger partial charge in [0.2, 0.25) is 6.29 Å². The van der Waals surface area contributed by atoms with Gasteiger partial charge in [-0.2, -0.15) is 0 Å². The van der Waals surface area contributed by atoms with E-state index >= 15 is 0 Å². The quantitative estimate of drug-likeness (QED) is 0.284. The molecule has 1 saturated heterocycles. The van der Waals surface area contributed by atoms with Crippen LogP contribution in [0.2, 0.25) is 0 Å². The van der Waals surface area contributed by atoms with Gasteiger partial charge in [0.15, 0.2) is 11.4 Å². The van der Waals surface area contributed by atoms with Gasteiger partial charge in [-0.25, -0.2) is 0 Å². The Labute approximate surface area is 237 Å². The fourth-order valence-electron chi connectivity index (χ4n) is 9.27. The van der Waals surface area contributed by atoms with E-state index in [0.717, 1.165) is 36.2 Å². The molecule has 0 spiro atoms. The van der Waals surface area contributed by atoms with E-state index in [1.807, 2.05) is 6.07 Å². The van der Waals surface area contributed by atoms with Crippen LogP contribution < -0.4 is 0 Å². The van der Waals surface area contributed by atoms with Crippen molar-refractivity contribution in [2.75, 3.05) is 13.2 Å². The summed E-state index contributed by atoms with van der Waals surface area (Å²) in [5.74, 6) is 3.62. The van der Waals surface area contributed by atoms with Crippen molar-refractivity contribution in [2.24, 2.45) is 35.0 Å². The number of fused-ring (bicyclic) bond motifs is 5. The molecule has 1 unspecified atom stereocenters. The molecule has 2 heterocycles. The van der Waals surface area contributed by atoms with Crippen LogP contribution in [0.1, 0.15) is 82.0 Å². The van der Waals surface area contributed by atoms with Crippen LogP contribution in [0.4, 0.5) is 0 Å². The number of ether oxygens (including phenoxy) is 4. The van der Waals surface area contributed by atoms with Crippen LogP contribution >= 0.6 is 0 Å². The minimum Gasteiger partial charge on any atom is -0.463 e. The summed E-state index contributed by atoms with van der Waals surface area (Å²) in [4.78, 5) is 12.6. The minimum absolute atomic E-state index is 0.221. The van der Waals surface area contributed by atoms with Gasteiger partial charge in [0.05, 0.1) is 32.2 Å². The van der Waals surface area contributed by atoms with Gasteiger partial charge in [-0.3, -0.25) is 4.79 Å². The fraction of sp³-hybridized carbons (Fsp3) is 0.618. The Hall–Kier alpha value is -2.41. The first-order valence-corrected chi connectivity index (χ1v) is 15.3. The van der Waals surface area contributed by atoms with Crippen molar-refractivity contribution in [1.82, 2.24) is 0 Å². The van der Waals surface area contributed by atoms with E-state index in [2.05, 4.69) is 49.4 Å². The topological polar surface area (TPSA) is 67.1 Å². The maximum Gasteiger partial charge on any atom is 0.303 e. The van der Waals surface area contributed by atoms with Crippen LogP contribution in [-0.4, -0.2) is 25.3 Å². The summed E-state index contributed by atoms with van der Waals surface area (Å²) in [5.41, 5.74) is 1.09. The molecule has 5 aliphatic rings. The molecule has 7 rings (SSSR count). The van der Waals surface area contributed by atoms with E-state index in [4.69, 9.17) is 23.4 Å². The Morgan fingerprint density at radius 2 is 1.80 bits per heavy atom. The van der Waals surface area contributed by atoms with Gasteiger partial charge < -0.3 is 23.4 Å². The van der Waals surface area contributed by atoms with Crippen LogP contribution in [0.3, 0.4) is 0 Å². The number of carbonyl (C=O) groups excluding carboxylic acids is 1. The first kappa shape index (κ1) is 26.5. The molecule has 1 aliphatic heterocycles. The standard InChI is InChI=1S/C34H42O6/c1-22(35)40-34(25-19-31(39-21-25)32-36-16-17-37-32)15-13-30-29-10-8-24-18-26(38-20-23-6-4-3-5-7-23)9-11-27(24)28(29)12-14-33(30,34)2/h3-7,13,15,19,21,24,26-30,32H,8-12,14,16-18,20H2,1-2H3/t24-,26-,27+,28-,29-,30+,33+,34?/m1/s1. The summed E-state index contributed by atoms with van der Waals surface area (Å²) in [5, 5.41) is 0.